The predicted molar refractivity (Wildman–Crippen MR) is 398 cm³/mol. The van der Waals surface area contributed by atoms with Crippen LogP contribution >= 0.6 is 0 Å². The fraction of sp³-hybridized carbons (Fsp3) is 0.416. The maximum absolute atomic E-state index is 4.44. The number of rotatable bonds is 0. The van der Waals surface area contributed by atoms with Crippen LogP contribution in [0, 0.1) is 111 Å². The lowest BCUT2D eigenvalue weighted by atomic mass is 10.1. The molecule has 0 aliphatic heterocycles. The Morgan fingerprint density at radius 3 is 1.00 bits per heavy atom. The standard InChI is InChI=1S/2C11H11N.C10H10N2.4C6H8N2.C5H7N3.8C2H6/c1-8-7-10-5-3-4-6-11(10)9(2)12-8;1-8-7-9(2)12-11-6-4-3-5-10(8)11;1-7-9-5-3-4-6-10(9)12-8(2)11-7;1-5-3-7-4-6(2)8-5;1-5-3-6(2)8-4-7-5;2*1-5-3-4-7-6(2)8-5;1-4-6-3-7-5(2)8-4;8*1-2/h2*3-7H,1-2H3;3-6H,1-2H3;4*3-4H,1-2H3;3H,1-2H3;8*1-2H3. The van der Waals surface area contributed by atoms with E-state index in [2.05, 4.69) is 131 Å². The van der Waals surface area contributed by atoms with Crippen LogP contribution in [0.15, 0.2) is 141 Å². The molecule has 3 aromatic carbocycles. The number of benzene rings is 3. The molecule has 0 N–H and O–H groups in total. The first-order valence-corrected chi connectivity index (χ1v) is 32.8. The molecular weight excluding hydrogens is 1130 g/mol. The number of hydrogen-bond donors (Lipinski definition) is 0. The number of fused-ring (bicyclic) bond motifs is 3. The molecule has 0 bridgehead atoms. The largest absolute Gasteiger partial charge is 0.261 e. The molecule has 0 unspecified atom stereocenters. The Kier molecular flexibility index (Phi) is 59.7. The minimum absolute atomic E-state index is 0.775. The maximum atomic E-state index is 4.44. The molecule has 11 rings (SSSR count). The molecule has 502 valence electrons. The van der Waals surface area contributed by atoms with Gasteiger partial charge in [-0.15, -0.1) is 0 Å². The zero-order valence-electron chi connectivity index (χ0n) is 63.0. The van der Waals surface area contributed by atoms with E-state index in [1.165, 1.54) is 28.0 Å². The minimum Gasteiger partial charge on any atom is -0.261 e. The second-order valence-corrected chi connectivity index (χ2v) is 17.7. The third kappa shape index (κ3) is 43.0. The molecule has 92 heavy (non-hydrogen) atoms. The molecule has 0 saturated carbocycles. The zero-order valence-corrected chi connectivity index (χ0v) is 63.0. The van der Waals surface area contributed by atoms with Crippen molar-refractivity contribution >= 4 is 32.6 Å². The number of para-hydroxylation sites is 2. The number of nitrogens with zero attached hydrogens (tertiary/aromatic N) is 15. The number of aromatic nitrogens is 15. The third-order valence-corrected chi connectivity index (χ3v) is 10.5. The van der Waals surface area contributed by atoms with Crippen molar-refractivity contribution in [1.82, 2.24) is 74.8 Å². The van der Waals surface area contributed by atoms with Crippen molar-refractivity contribution in [2.75, 3.05) is 0 Å². The van der Waals surface area contributed by atoms with Crippen LogP contribution < -0.4 is 0 Å². The van der Waals surface area contributed by atoms with Crippen LogP contribution in [0.1, 0.15) is 202 Å². The van der Waals surface area contributed by atoms with Crippen LogP contribution in [0.3, 0.4) is 0 Å². The summed E-state index contributed by atoms with van der Waals surface area (Å²) in [6.07, 6.45) is 10.1. The van der Waals surface area contributed by atoms with Gasteiger partial charge in [-0.25, -0.2) is 54.8 Å². The molecule has 0 aliphatic carbocycles. The van der Waals surface area contributed by atoms with E-state index in [4.69, 9.17) is 0 Å². The van der Waals surface area contributed by atoms with Crippen LogP contribution in [0.4, 0.5) is 0 Å². The molecule has 0 atom stereocenters. The highest BCUT2D eigenvalue weighted by Crippen LogP contribution is 2.18. The molecule has 0 spiro atoms. The Morgan fingerprint density at radius 2 is 0.620 bits per heavy atom. The summed E-state index contributed by atoms with van der Waals surface area (Å²) in [5.74, 6) is 4.07. The van der Waals surface area contributed by atoms with Gasteiger partial charge in [0.1, 0.15) is 41.8 Å². The van der Waals surface area contributed by atoms with E-state index in [0.717, 1.165) is 102 Å². The molecule has 0 fully saturated rings. The molecule has 8 aromatic heterocycles. The van der Waals surface area contributed by atoms with E-state index in [9.17, 15) is 0 Å². The van der Waals surface area contributed by atoms with E-state index >= 15 is 0 Å². The highest BCUT2D eigenvalue weighted by atomic mass is 15.0. The quantitative estimate of drug-likeness (QED) is 0.139. The Hall–Kier alpha value is -8.85. The summed E-state index contributed by atoms with van der Waals surface area (Å²) in [5, 5.41) is 4.93. The average Bonchev–Trinajstić information content (AvgIpc) is 1.03. The van der Waals surface area contributed by atoms with Crippen molar-refractivity contribution < 1.29 is 0 Å². The van der Waals surface area contributed by atoms with E-state index in [1.807, 2.05) is 268 Å². The van der Waals surface area contributed by atoms with Crippen molar-refractivity contribution in [2.24, 2.45) is 0 Å². The van der Waals surface area contributed by atoms with Gasteiger partial charge in [0, 0.05) is 86.5 Å². The van der Waals surface area contributed by atoms with Crippen LogP contribution in [0.25, 0.3) is 32.6 Å². The van der Waals surface area contributed by atoms with Gasteiger partial charge in [0.15, 0.2) is 0 Å². The topological polar surface area (TPSA) is 193 Å². The number of aryl methyl sites for hydroxylation is 16. The normalized spacial score (nSPS) is 8.65. The first-order chi connectivity index (χ1) is 44.3. The second kappa shape index (κ2) is 59.8. The Morgan fingerprint density at radius 1 is 0.239 bits per heavy atom. The summed E-state index contributed by atoms with van der Waals surface area (Å²) in [4.78, 5) is 60.9. The highest BCUT2D eigenvalue weighted by molar-refractivity contribution is 5.84. The maximum Gasteiger partial charge on any atom is 0.129 e. The lowest BCUT2D eigenvalue weighted by molar-refractivity contribution is 0.920. The van der Waals surface area contributed by atoms with Crippen molar-refractivity contribution in [3.05, 3.63) is 232 Å². The third-order valence-electron chi connectivity index (χ3n) is 10.5. The Balaban J connectivity index is -0.000000305. The number of pyridine rings is 2. The molecule has 0 aliphatic rings. The van der Waals surface area contributed by atoms with Gasteiger partial charge >= 0.3 is 0 Å². The van der Waals surface area contributed by atoms with Crippen molar-refractivity contribution in [2.45, 2.75) is 222 Å². The molecule has 15 nitrogen and oxygen atoms in total. The SMILES string of the molecule is CC.CC.CC.CC.CC.CC.CC.CC.Cc1cc(C)c2ccccc2n1.Cc1cc(C)ncn1.Cc1cc2ccccc2c(C)n1.Cc1ccnc(C)n1.Cc1ccnc(C)n1.Cc1cncc(C)n1.Cc1nc(C)c2ccccc2n1.Cc1ncnc(C)n1. The Labute approximate surface area is 558 Å². The van der Waals surface area contributed by atoms with Gasteiger partial charge in [0.05, 0.1) is 22.4 Å². The summed E-state index contributed by atoms with van der Waals surface area (Å²) in [5.41, 5.74) is 13.8. The average molecular weight is 1250 g/mol. The van der Waals surface area contributed by atoms with Gasteiger partial charge in [-0.2, -0.15) is 0 Å². The van der Waals surface area contributed by atoms with Gasteiger partial charge in [0.25, 0.3) is 0 Å². The highest BCUT2D eigenvalue weighted by Gasteiger charge is 2.00. The molecule has 0 amide bonds. The van der Waals surface area contributed by atoms with Crippen LogP contribution in [0.5, 0.6) is 0 Å². The summed E-state index contributed by atoms with van der Waals surface area (Å²) in [7, 11) is 0. The van der Waals surface area contributed by atoms with Crippen molar-refractivity contribution in [3.8, 4) is 0 Å². The van der Waals surface area contributed by atoms with Crippen LogP contribution in [-0.4, -0.2) is 74.8 Å². The second-order valence-electron chi connectivity index (χ2n) is 17.7. The molecule has 15 heteroatoms. The molecule has 11 aromatic rings. The van der Waals surface area contributed by atoms with Gasteiger partial charge in [-0.1, -0.05) is 171 Å². The molecule has 0 saturated heterocycles. The van der Waals surface area contributed by atoms with Gasteiger partial charge < -0.3 is 0 Å². The fourth-order valence-electron chi connectivity index (χ4n) is 7.25. The van der Waals surface area contributed by atoms with Crippen LogP contribution in [0.2, 0.25) is 0 Å². The van der Waals surface area contributed by atoms with Crippen molar-refractivity contribution in [3.63, 3.8) is 0 Å². The van der Waals surface area contributed by atoms with Crippen LogP contribution in [-0.2, 0) is 0 Å². The van der Waals surface area contributed by atoms with E-state index in [0.29, 0.717) is 0 Å². The molecule has 8 heterocycles. The lowest BCUT2D eigenvalue weighted by Crippen LogP contribution is -1.92. The summed E-state index contributed by atoms with van der Waals surface area (Å²) in [6, 6.07) is 34.6. The number of hydrogen-bond acceptors (Lipinski definition) is 15. The minimum atomic E-state index is 0.775. The zero-order chi connectivity index (χ0) is 71.6. The van der Waals surface area contributed by atoms with E-state index < -0.39 is 0 Å². The van der Waals surface area contributed by atoms with E-state index in [-0.39, 0.29) is 0 Å². The van der Waals surface area contributed by atoms with Gasteiger partial charge in [-0.05, 0) is 164 Å². The summed E-state index contributed by atoms with van der Waals surface area (Å²) < 4.78 is 0. The lowest BCUT2D eigenvalue weighted by Gasteiger charge is -2.01. The molecule has 0 radical (unpaired) electrons. The van der Waals surface area contributed by atoms with E-state index in [1.54, 1.807) is 31.1 Å². The summed E-state index contributed by atoms with van der Waals surface area (Å²) >= 11 is 0. The van der Waals surface area contributed by atoms with Gasteiger partial charge in [0.2, 0.25) is 0 Å². The fourth-order valence-corrected chi connectivity index (χ4v) is 7.25. The summed E-state index contributed by atoms with van der Waals surface area (Å²) in [6.45, 7) is 63.3. The Bertz CT molecular complexity index is 3010. The smallest absolute Gasteiger partial charge is 0.129 e. The first-order valence-electron chi connectivity index (χ1n) is 32.8. The molecular formula is C77H119N15. The predicted octanol–water partition coefficient (Wildman–Crippen LogP) is 21.0. The van der Waals surface area contributed by atoms with Gasteiger partial charge in [-0.3, -0.25) is 19.9 Å². The monoisotopic (exact) mass is 1250 g/mol. The first kappa shape index (κ1) is 91.9. The van der Waals surface area contributed by atoms with Crippen molar-refractivity contribution in [1.29, 1.82) is 0 Å².